The van der Waals surface area contributed by atoms with Crippen LogP contribution in [0, 0.1) is 0 Å². The van der Waals surface area contributed by atoms with Gasteiger partial charge in [-0.3, -0.25) is 2.78 Å². The van der Waals surface area contributed by atoms with E-state index in [0.717, 1.165) is 0 Å². The highest BCUT2D eigenvalue weighted by molar-refractivity contribution is 14.1. The standard InChI is InChI=1S/C5H3ClIN5/c6-3-2-4(11-5(8)10-3)12(7)1-9-2/h1H,(H2,8,10,11). The maximum Gasteiger partial charge on any atom is 0.223 e. The monoisotopic (exact) mass is 295 g/mol. The number of nitrogens with two attached hydrogens (primary N) is 1. The van der Waals surface area contributed by atoms with Crippen molar-refractivity contribution < 1.29 is 0 Å². The molecule has 0 radical (unpaired) electrons. The molecule has 7 heteroatoms. The van der Waals surface area contributed by atoms with E-state index < -0.39 is 0 Å². The molecule has 2 heterocycles. The van der Waals surface area contributed by atoms with E-state index >= 15 is 0 Å². The van der Waals surface area contributed by atoms with E-state index in [4.69, 9.17) is 17.3 Å². The minimum atomic E-state index is 0.158. The summed E-state index contributed by atoms with van der Waals surface area (Å²) in [7, 11) is 0. The molecule has 0 atom stereocenters. The highest BCUT2D eigenvalue weighted by Gasteiger charge is 2.08. The molecule has 0 aliphatic carbocycles. The second-order valence-corrected chi connectivity index (χ2v) is 3.50. The number of hydrogen-bond acceptors (Lipinski definition) is 4. The number of nitrogen functional groups attached to an aromatic ring is 1. The molecular weight excluding hydrogens is 292 g/mol. The van der Waals surface area contributed by atoms with Gasteiger partial charge >= 0.3 is 0 Å². The first kappa shape index (κ1) is 7.99. The van der Waals surface area contributed by atoms with Gasteiger partial charge in [-0.05, 0) is 0 Å². The van der Waals surface area contributed by atoms with Crippen molar-refractivity contribution in [2.75, 3.05) is 5.73 Å². The fourth-order valence-electron chi connectivity index (χ4n) is 0.855. The van der Waals surface area contributed by atoms with E-state index in [-0.39, 0.29) is 11.1 Å². The van der Waals surface area contributed by atoms with Crippen molar-refractivity contribution in [3.8, 4) is 0 Å². The summed E-state index contributed by atoms with van der Waals surface area (Å²) in [6, 6.07) is 0. The average molecular weight is 295 g/mol. The van der Waals surface area contributed by atoms with Crippen LogP contribution in [0.25, 0.3) is 11.2 Å². The van der Waals surface area contributed by atoms with Crippen LogP contribution in [-0.4, -0.2) is 17.7 Å². The van der Waals surface area contributed by atoms with E-state index in [2.05, 4.69) is 15.0 Å². The lowest BCUT2D eigenvalue weighted by Gasteiger charge is -1.94. The number of halogens is 2. The number of hydrogen-bond donors (Lipinski definition) is 1. The highest BCUT2D eigenvalue weighted by Crippen LogP contribution is 2.20. The van der Waals surface area contributed by atoms with E-state index in [1.165, 1.54) is 0 Å². The molecule has 0 spiro atoms. The van der Waals surface area contributed by atoms with Crippen molar-refractivity contribution in [1.82, 2.24) is 17.7 Å². The van der Waals surface area contributed by atoms with Crippen LogP contribution in [0.2, 0.25) is 5.15 Å². The summed E-state index contributed by atoms with van der Waals surface area (Å²) in [5.74, 6) is 0.158. The fraction of sp³-hybridized carbons (Fsp3) is 0. The third kappa shape index (κ3) is 1.11. The van der Waals surface area contributed by atoms with Gasteiger partial charge in [-0.15, -0.1) is 0 Å². The van der Waals surface area contributed by atoms with Crippen LogP contribution in [0.15, 0.2) is 6.33 Å². The van der Waals surface area contributed by atoms with Crippen molar-refractivity contribution in [2.45, 2.75) is 0 Å². The predicted molar refractivity (Wildman–Crippen MR) is 54.2 cm³/mol. The molecule has 0 aliphatic rings. The summed E-state index contributed by atoms with van der Waals surface area (Å²) in [5, 5.41) is 0.285. The van der Waals surface area contributed by atoms with Gasteiger partial charge in [0.2, 0.25) is 5.95 Å². The van der Waals surface area contributed by atoms with Gasteiger partial charge in [0.05, 0.1) is 22.9 Å². The molecule has 0 saturated carbocycles. The van der Waals surface area contributed by atoms with Crippen molar-refractivity contribution >= 4 is 51.6 Å². The lowest BCUT2D eigenvalue weighted by molar-refractivity contribution is 1.21. The zero-order chi connectivity index (χ0) is 8.72. The minimum absolute atomic E-state index is 0.158. The quantitative estimate of drug-likeness (QED) is 0.587. The maximum atomic E-state index is 5.77. The van der Waals surface area contributed by atoms with Crippen LogP contribution in [0.1, 0.15) is 0 Å². The van der Waals surface area contributed by atoms with E-state index in [9.17, 15) is 0 Å². The van der Waals surface area contributed by atoms with Crippen LogP contribution in [-0.2, 0) is 0 Å². The molecule has 0 unspecified atom stereocenters. The van der Waals surface area contributed by atoms with Crippen LogP contribution in [0.3, 0.4) is 0 Å². The van der Waals surface area contributed by atoms with Crippen molar-refractivity contribution in [1.29, 1.82) is 0 Å². The van der Waals surface area contributed by atoms with Gasteiger partial charge in [-0.1, -0.05) is 11.6 Å². The van der Waals surface area contributed by atoms with E-state index in [1.54, 1.807) is 9.11 Å². The number of nitrogens with zero attached hydrogens (tertiary/aromatic N) is 4. The third-order valence-electron chi connectivity index (χ3n) is 1.33. The van der Waals surface area contributed by atoms with Crippen molar-refractivity contribution in [2.24, 2.45) is 0 Å². The van der Waals surface area contributed by atoms with Gasteiger partial charge in [0.25, 0.3) is 0 Å². The molecule has 2 aromatic heterocycles. The molecule has 2 rings (SSSR count). The van der Waals surface area contributed by atoms with Gasteiger partial charge in [0.15, 0.2) is 10.8 Å². The Balaban J connectivity index is 2.92. The zero-order valence-corrected chi connectivity index (χ0v) is 8.61. The topological polar surface area (TPSA) is 69.6 Å². The third-order valence-corrected chi connectivity index (χ3v) is 2.30. The first-order valence-electron chi connectivity index (χ1n) is 3.00. The lowest BCUT2D eigenvalue weighted by atomic mass is 10.6. The minimum Gasteiger partial charge on any atom is -0.368 e. The number of imidazole rings is 1. The second kappa shape index (κ2) is 2.70. The molecule has 12 heavy (non-hydrogen) atoms. The largest absolute Gasteiger partial charge is 0.368 e. The number of aromatic nitrogens is 4. The summed E-state index contributed by atoms with van der Waals surface area (Å²) in [5.41, 5.74) is 6.60. The molecule has 0 fully saturated rings. The smallest absolute Gasteiger partial charge is 0.223 e. The summed E-state index contributed by atoms with van der Waals surface area (Å²) < 4.78 is 1.71. The number of rotatable bonds is 0. The van der Waals surface area contributed by atoms with E-state index in [0.29, 0.717) is 11.2 Å². The Morgan fingerprint density at radius 2 is 2.25 bits per heavy atom. The van der Waals surface area contributed by atoms with Gasteiger partial charge in [-0.2, -0.15) is 9.97 Å². The van der Waals surface area contributed by atoms with Crippen molar-refractivity contribution in [3.05, 3.63) is 11.5 Å². The Hall–Kier alpha value is -0.630. The Bertz CT molecular complexity index is 439. The van der Waals surface area contributed by atoms with Gasteiger partial charge in [0, 0.05) is 0 Å². The Morgan fingerprint density at radius 3 is 3.00 bits per heavy atom. The number of fused-ring (bicyclic) bond motifs is 1. The van der Waals surface area contributed by atoms with Crippen LogP contribution in [0.4, 0.5) is 5.95 Å². The van der Waals surface area contributed by atoms with Gasteiger partial charge < -0.3 is 5.73 Å². The summed E-state index contributed by atoms with van der Waals surface area (Å²) >= 11 is 7.80. The lowest BCUT2D eigenvalue weighted by Crippen LogP contribution is -1.96. The molecule has 62 valence electrons. The van der Waals surface area contributed by atoms with Gasteiger partial charge in [0.1, 0.15) is 11.8 Å². The maximum absolute atomic E-state index is 5.77. The molecule has 0 bridgehead atoms. The van der Waals surface area contributed by atoms with Crippen LogP contribution >= 0.6 is 34.5 Å². The molecule has 5 nitrogen and oxygen atoms in total. The zero-order valence-electron chi connectivity index (χ0n) is 5.70. The Kier molecular flexibility index (Phi) is 1.80. The van der Waals surface area contributed by atoms with Crippen LogP contribution in [0.5, 0.6) is 0 Å². The highest BCUT2D eigenvalue weighted by atomic mass is 127. The van der Waals surface area contributed by atoms with Gasteiger partial charge in [-0.25, -0.2) is 4.98 Å². The molecule has 0 aliphatic heterocycles. The molecule has 2 N–H and O–H groups in total. The molecule has 0 aromatic carbocycles. The van der Waals surface area contributed by atoms with Crippen LogP contribution < -0.4 is 5.73 Å². The SMILES string of the molecule is Nc1nc(Cl)c2ncn(I)c2n1. The van der Waals surface area contributed by atoms with E-state index in [1.807, 2.05) is 22.9 Å². The molecule has 2 aromatic rings. The van der Waals surface area contributed by atoms with Crippen molar-refractivity contribution in [3.63, 3.8) is 0 Å². The normalized spacial score (nSPS) is 10.8. The molecule has 0 amide bonds. The first-order chi connectivity index (χ1) is 5.68. The summed E-state index contributed by atoms with van der Waals surface area (Å²) in [4.78, 5) is 11.7. The second-order valence-electron chi connectivity index (χ2n) is 2.10. The Morgan fingerprint density at radius 1 is 1.50 bits per heavy atom. The number of anilines is 1. The first-order valence-corrected chi connectivity index (χ1v) is 4.35. The molecule has 0 saturated heterocycles. The fourth-order valence-corrected chi connectivity index (χ4v) is 1.54. The Labute approximate surface area is 86.5 Å². The molecular formula is C5H3ClIN5. The predicted octanol–water partition coefficient (Wildman–Crippen LogP) is 1.26. The average Bonchev–Trinajstić information content (AvgIpc) is 2.33. The summed E-state index contributed by atoms with van der Waals surface area (Å²) in [6.07, 6.45) is 1.60. The summed E-state index contributed by atoms with van der Waals surface area (Å²) in [6.45, 7) is 0.